The first-order valence-electron chi connectivity index (χ1n) is 4.64. The molecular weight excluding hydrogens is 243 g/mol. The summed E-state index contributed by atoms with van der Waals surface area (Å²) in [5.74, 6) is -0.0836. The Balaban J connectivity index is 2.60. The van der Waals surface area contributed by atoms with Crippen molar-refractivity contribution >= 4 is 29.2 Å². The van der Waals surface area contributed by atoms with E-state index in [4.69, 9.17) is 37.4 Å². The fourth-order valence-corrected chi connectivity index (χ4v) is 2.19. The van der Waals surface area contributed by atoms with Crippen molar-refractivity contribution in [1.82, 2.24) is 0 Å². The summed E-state index contributed by atoms with van der Waals surface area (Å²) in [6.07, 6.45) is -0.843. The van der Waals surface area contributed by atoms with Gasteiger partial charge in [-0.2, -0.15) is 0 Å². The number of halogens is 2. The molecule has 1 aliphatic heterocycles. The molecule has 1 aliphatic rings. The van der Waals surface area contributed by atoms with Gasteiger partial charge in [0.1, 0.15) is 0 Å². The molecule has 6 heteroatoms. The molecule has 1 heterocycles. The first-order valence-corrected chi connectivity index (χ1v) is 5.61. The lowest BCUT2D eigenvalue weighted by Gasteiger charge is -2.36. The minimum absolute atomic E-state index is 0.266. The van der Waals surface area contributed by atoms with Gasteiger partial charge >= 0.3 is 5.97 Å². The highest BCUT2D eigenvalue weighted by atomic mass is 35.5. The molecule has 0 aromatic heterocycles. The molecule has 0 aromatic rings. The van der Waals surface area contributed by atoms with Gasteiger partial charge in [-0.15, -0.1) is 23.2 Å². The fourth-order valence-electron chi connectivity index (χ4n) is 1.49. The number of carbonyl (C=O) groups excluding carboxylic acids is 1. The Morgan fingerprint density at radius 1 is 1.60 bits per heavy atom. The van der Waals surface area contributed by atoms with E-state index < -0.39 is 12.4 Å². The van der Waals surface area contributed by atoms with E-state index in [1.165, 1.54) is 14.0 Å². The second-order valence-corrected chi connectivity index (χ2v) is 4.20. The van der Waals surface area contributed by atoms with Gasteiger partial charge in [0.05, 0.1) is 17.4 Å². The SMILES string of the molecule is CO[C@H]1O[C@@H](CCl)[C@@H](Cl)C[C@H]1OC(C)=O. The monoisotopic (exact) mass is 256 g/mol. The molecule has 0 unspecified atom stereocenters. The fraction of sp³-hybridized carbons (Fsp3) is 0.889. The number of alkyl halides is 2. The van der Waals surface area contributed by atoms with Crippen LogP contribution in [0.15, 0.2) is 0 Å². The standard InChI is InChI=1S/C9H14Cl2O4/c1-5(12)14-7-3-6(11)8(4-10)15-9(7)13-2/h6-9H,3-4H2,1-2H3/t6-,7+,8-,9-/m0/s1. The summed E-state index contributed by atoms with van der Waals surface area (Å²) in [4.78, 5) is 10.8. The number of rotatable bonds is 3. The Morgan fingerprint density at radius 3 is 2.73 bits per heavy atom. The van der Waals surface area contributed by atoms with Crippen molar-refractivity contribution in [2.24, 2.45) is 0 Å². The van der Waals surface area contributed by atoms with Gasteiger partial charge in [-0.05, 0) is 0 Å². The largest absolute Gasteiger partial charge is 0.457 e. The first kappa shape index (κ1) is 13.0. The van der Waals surface area contributed by atoms with Crippen LogP contribution in [-0.2, 0) is 19.0 Å². The van der Waals surface area contributed by atoms with Crippen molar-refractivity contribution in [3.05, 3.63) is 0 Å². The number of carbonyl (C=O) groups is 1. The molecule has 1 saturated heterocycles. The van der Waals surface area contributed by atoms with Gasteiger partial charge in [0.25, 0.3) is 0 Å². The zero-order valence-corrected chi connectivity index (χ0v) is 10.1. The molecule has 0 saturated carbocycles. The van der Waals surface area contributed by atoms with Crippen LogP contribution in [0, 0.1) is 0 Å². The smallest absolute Gasteiger partial charge is 0.303 e. The summed E-state index contributed by atoms with van der Waals surface area (Å²) in [5, 5.41) is -0.266. The lowest BCUT2D eigenvalue weighted by molar-refractivity contribution is -0.232. The number of ether oxygens (including phenoxy) is 3. The molecular formula is C9H14Cl2O4. The Labute approximate surface area is 98.8 Å². The molecule has 88 valence electrons. The van der Waals surface area contributed by atoms with Crippen LogP contribution in [0.2, 0.25) is 0 Å². The molecule has 0 aromatic carbocycles. The van der Waals surface area contributed by atoms with Crippen molar-refractivity contribution in [2.75, 3.05) is 13.0 Å². The van der Waals surface area contributed by atoms with Crippen LogP contribution in [0.25, 0.3) is 0 Å². The number of hydrogen-bond donors (Lipinski definition) is 0. The van der Waals surface area contributed by atoms with Crippen LogP contribution >= 0.6 is 23.2 Å². The molecule has 4 nitrogen and oxygen atoms in total. The summed E-state index contributed by atoms with van der Waals surface area (Å²) >= 11 is 11.7. The molecule has 15 heavy (non-hydrogen) atoms. The predicted molar refractivity (Wildman–Crippen MR) is 56.2 cm³/mol. The van der Waals surface area contributed by atoms with Crippen LogP contribution in [0.1, 0.15) is 13.3 Å². The lowest BCUT2D eigenvalue weighted by atomic mass is 10.1. The molecule has 4 atom stereocenters. The van der Waals surface area contributed by atoms with Gasteiger partial charge in [0, 0.05) is 20.5 Å². The normalized spacial score (nSPS) is 36.3. The third-order valence-corrected chi connectivity index (χ3v) is 2.94. The molecule has 0 N–H and O–H groups in total. The van der Waals surface area contributed by atoms with E-state index in [0.717, 1.165) is 0 Å². The van der Waals surface area contributed by atoms with Crippen molar-refractivity contribution in [2.45, 2.75) is 37.2 Å². The van der Waals surface area contributed by atoms with E-state index >= 15 is 0 Å². The number of methoxy groups -OCH3 is 1. The Bertz CT molecular complexity index is 224. The van der Waals surface area contributed by atoms with Gasteiger partial charge in [0.2, 0.25) is 0 Å². The molecule has 0 bridgehead atoms. The second-order valence-electron chi connectivity index (χ2n) is 3.33. The van der Waals surface area contributed by atoms with Gasteiger partial charge in [-0.1, -0.05) is 0 Å². The van der Waals surface area contributed by atoms with Crippen LogP contribution in [-0.4, -0.2) is 42.8 Å². The van der Waals surface area contributed by atoms with Crippen LogP contribution in [0.4, 0.5) is 0 Å². The average molecular weight is 257 g/mol. The maximum absolute atomic E-state index is 10.8. The van der Waals surface area contributed by atoms with Crippen LogP contribution in [0.3, 0.4) is 0 Å². The topological polar surface area (TPSA) is 44.8 Å². The average Bonchev–Trinajstić information content (AvgIpc) is 2.17. The van der Waals surface area contributed by atoms with E-state index in [1.807, 2.05) is 0 Å². The molecule has 0 spiro atoms. The number of esters is 1. The summed E-state index contributed by atoms with van der Waals surface area (Å²) in [7, 11) is 1.49. The molecule has 1 rings (SSSR count). The molecule has 0 aliphatic carbocycles. The van der Waals surface area contributed by atoms with E-state index in [1.54, 1.807) is 0 Å². The zero-order chi connectivity index (χ0) is 11.4. The first-order chi connectivity index (χ1) is 7.08. The van der Waals surface area contributed by atoms with Crippen LogP contribution in [0.5, 0.6) is 0 Å². The number of hydrogen-bond acceptors (Lipinski definition) is 4. The minimum Gasteiger partial charge on any atom is -0.457 e. The quantitative estimate of drug-likeness (QED) is 0.568. The van der Waals surface area contributed by atoms with E-state index in [9.17, 15) is 4.79 Å². The summed E-state index contributed by atoms with van der Waals surface area (Å²) < 4.78 is 15.6. The maximum atomic E-state index is 10.8. The van der Waals surface area contributed by atoms with Gasteiger partial charge in [0.15, 0.2) is 12.4 Å². The Hall–Kier alpha value is -0.0300. The zero-order valence-electron chi connectivity index (χ0n) is 8.61. The summed E-state index contributed by atoms with van der Waals surface area (Å²) in [6.45, 7) is 1.34. The van der Waals surface area contributed by atoms with Gasteiger partial charge in [-0.25, -0.2) is 0 Å². The van der Waals surface area contributed by atoms with E-state index in [0.29, 0.717) is 12.3 Å². The Morgan fingerprint density at radius 2 is 2.27 bits per heavy atom. The lowest BCUT2D eigenvalue weighted by Crippen LogP contribution is -2.48. The van der Waals surface area contributed by atoms with Crippen molar-refractivity contribution in [3.8, 4) is 0 Å². The van der Waals surface area contributed by atoms with Gasteiger partial charge in [-0.3, -0.25) is 4.79 Å². The van der Waals surface area contributed by atoms with Crippen LogP contribution < -0.4 is 0 Å². The summed E-state index contributed by atoms with van der Waals surface area (Å²) in [5.41, 5.74) is 0. The molecule has 1 fully saturated rings. The predicted octanol–water partition coefficient (Wildman–Crippen LogP) is 1.53. The molecule has 0 amide bonds. The minimum atomic E-state index is -0.590. The van der Waals surface area contributed by atoms with Gasteiger partial charge < -0.3 is 14.2 Å². The third kappa shape index (κ3) is 3.48. The van der Waals surface area contributed by atoms with E-state index in [2.05, 4.69) is 0 Å². The van der Waals surface area contributed by atoms with E-state index in [-0.39, 0.29) is 17.5 Å². The third-order valence-electron chi connectivity index (χ3n) is 2.18. The van der Waals surface area contributed by atoms with Crippen molar-refractivity contribution < 1.29 is 19.0 Å². The second kappa shape index (κ2) is 5.89. The summed E-state index contributed by atoms with van der Waals surface area (Å²) in [6, 6.07) is 0. The Kier molecular flexibility index (Phi) is 5.12. The van der Waals surface area contributed by atoms with Crippen molar-refractivity contribution in [3.63, 3.8) is 0 Å². The highest BCUT2D eigenvalue weighted by Crippen LogP contribution is 2.27. The highest BCUT2D eigenvalue weighted by Gasteiger charge is 2.38. The van der Waals surface area contributed by atoms with Crippen molar-refractivity contribution in [1.29, 1.82) is 0 Å². The molecule has 0 radical (unpaired) electrons. The highest BCUT2D eigenvalue weighted by molar-refractivity contribution is 6.23. The maximum Gasteiger partial charge on any atom is 0.303 e.